The van der Waals surface area contributed by atoms with Crippen molar-refractivity contribution >= 4 is 24.2 Å². The Balaban J connectivity index is 0.00000264. The van der Waals surface area contributed by atoms with E-state index in [9.17, 15) is 9.59 Å². The lowest BCUT2D eigenvalue weighted by atomic mass is 9.85. The molecule has 2 rings (SSSR count). The third kappa shape index (κ3) is 6.65. The summed E-state index contributed by atoms with van der Waals surface area (Å²) in [6.45, 7) is 8.07. The van der Waals surface area contributed by atoms with Crippen molar-refractivity contribution in [1.29, 1.82) is 0 Å². The molecular weight excluding hydrogens is 318 g/mol. The van der Waals surface area contributed by atoms with Crippen LogP contribution in [0.4, 0.5) is 0 Å². The van der Waals surface area contributed by atoms with E-state index in [2.05, 4.69) is 17.6 Å². The number of halogens is 1. The Morgan fingerprint density at radius 3 is 2.87 bits per heavy atom. The maximum Gasteiger partial charge on any atom is 0.223 e. The Morgan fingerprint density at radius 1 is 1.43 bits per heavy atom. The Morgan fingerprint density at radius 2 is 2.22 bits per heavy atom. The molecule has 0 aromatic heterocycles. The van der Waals surface area contributed by atoms with Gasteiger partial charge in [0.15, 0.2) is 0 Å². The molecule has 0 aromatic rings. The fraction of sp³-hybridized carbons (Fsp3) is 0.875. The highest BCUT2D eigenvalue weighted by Gasteiger charge is 2.28. The molecule has 2 saturated heterocycles. The summed E-state index contributed by atoms with van der Waals surface area (Å²) in [5.74, 6) is 1.17. The van der Waals surface area contributed by atoms with E-state index in [4.69, 9.17) is 4.74 Å². The Kier molecular flexibility index (Phi) is 8.87. The van der Waals surface area contributed by atoms with E-state index in [1.807, 2.05) is 4.90 Å². The van der Waals surface area contributed by atoms with Gasteiger partial charge in [-0.05, 0) is 37.8 Å². The van der Waals surface area contributed by atoms with E-state index < -0.39 is 0 Å². The molecule has 2 aliphatic rings. The van der Waals surface area contributed by atoms with Crippen LogP contribution in [0, 0.1) is 11.8 Å². The van der Waals surface area contributed by atoms with Crippen molar-refractivity contribution in [2.24, 2.45) is 11.8 Å². The molecule has 0 saturated carbocycles. The monoisotopic (exact) mass is 347 g/mol. The van der Waals surface area contributed by atoms with Crippen molar-refractivity contribution in [3.8, 4) is 0 Å². The van der Waals surface area contributed by atoms with Crippen LogP contribution in [-0.4, -0.2) is 62.1 Å². The number of carbonyl (C=O) groups is 2. The second kappa shape index (κ2) is 10.1. The van der Waals surface area contributed by atoms with Crippen LogP contribution in [0.2, 0.25) is 0 Å². The smallest absolute Gasteiger partial charge is 0.223 e. The molecule has 3 atom stereocenters. The van der Waals surface area contributed by atoms with E-state index in [1.165, 1.54) is 19.8 Å². The number of piperidine rings is 1. The molecule has 6 nitrogen and oxygen atoms in total. The van der Waals surface area contributed by atoms with E-state index >= 15 is 0 Å². The first-order valence-electron chi connectivity index (χ1n) is 8.40. The van der Waals surface area contributed by atoms with Gasteiger partial charge in [-0.1, -0.05) is 6.92 Å². The highest BCUT2D eigenvalue weighted by atomic mass is 35.5. The zero-order valence-electron chi connectivity index (χ0n) is 14.2. The Hall–Kier alpha value is -0.850. The Labute approximate surface area is 145 Å². The Bertz CT molecular complexity index is 389. The van der Waals surface area contributed by atoms with Crippen LogP contribution in [0.5, 0.6) is 0 Å². The van der Waals surface area contributed by atoms with Crippen molar-refractivity contribution in [2.75, 3.05) is 39.3 Å². The van der Waals surface area contributed by atoms with Crippen LogP contribution in [0.15, 0.2) is 0 Å². The first kappa shape index (κ1) is 20.2. The number of rotatable bonds is 5. The minimum absolute atomic E-state index is 0. The number of ether oxygens (including phenoxy) is 1. The lowest BCUT2D eigenvalue weighted by Gasteiger charge is -2.35. The van der Waals surface area contributed by atoms with Crippen molar-refractivity contribution < 1.29 is 14.3 Å². The standard InChI is InChI=1S/C16H29N3O3.ClH/c1-12(14-4-3-5-17-9-14)8-16(21)19-6-7-22-15(11-19)10-18-13(2)20;/h12,14-15,17H,3-11H2,1-2H3,(H,18,20);1H. The molecule has 23 heavy (non-hydrogen) atoms. The highest BCUT2D eigenvalue weighted by Crippen LogP contribution is 2.23. The number of carbonyl (C=O) groups excluding carboxylic acids is 2. The summed E-state index contributed by atoms with van der Waals surface area (Å²) in [5.41, 5.74) is 0. The summed E-state index contributed by atoms with van der Waals surface area (Å²) >= 11 is 0. The number of nitrogens with zero attached hydrogens (tertiary/aromatic N) is 1. The van der Waals surface area contributed by atoms with Crippen molar-refractivity contribution in [2.45, 2.75) is 39.2 Å². The van der Waals surface area contributed by atoms with E-state index in [-0.39, 0.29) is 30.3 Å². The number of nitrogens with one attached hydrogen (secondary N) is 2. The van der Waals surface area contributed by atoms with Gasteiger partial charge < -0.3 is 20.3 Å². The van der Waals surface area contributed by atoms with Crippen LogP contribution < -0.4 is 10.6 Å². The molecular formula is C16H30ClN3O3. The van der Waals surface area contributed by atoms with Gasteiger partial charge in [-0.15, -0.1) is 12.4 Å². The second-order valence-electron chi connectivity index (χ2n) is 6.56. The quantitative estimate of drug-likeness (QED) is 0.771. The van der Waals surface area contributed by atoms with E-state index in [0.717, 1.165) is 13.1 Å². The first-order chi connectivity index (χ1) is 10.6. The van der Waals surface area contributed by atoms with Gasteiger partial charge in [0.1, 0.15) is 0 Å². The SMILES string of the molecule is CC(=O)NCC1CN(C(=O)CC(C)C2CCCNC2)CCO1.Cl. The molecule has 134 valence electrons. The van der Waals surface area contributed by atoms with Gasteiger partial charge in [0.05, 0.1) is 12.7 Å². The van der Waals surface area contributed by atoms with Gasteiger partial charge in [0.2, 0.25) is 11.8 Å². The fourth-order valence-electron chi connectivity index (χ4n) is 3.26. The lowest BCUT2D eigenvalue weighted by molar-refractivity contribution is -0.140. The summed E-state index contributed by atoms with van der Waals surface area (Å²) in [5, 5.41) is 6.17. The number of hydrogen-bond acceptors (Lipinski definition) is 4. The summed E-state index contributed by atoms with van der Waals surface area (Å²) in [7, 11) is 0. The van der Waals surface area contributed by atoms with Gasteiger partial charge in [-0.25, -0.2) is 0 Å². The minimum Gasteiger partial charge on any atom is -0.373 e. The van der Waals surface area contributed by atoms with Crippen molar-refractivity contribution in [1.82, 2.24) is 15.5 Å². The topological polar surface area (TPSA) is 70.7 Å². The average molecular weight is 348 g/mol. The van der Waals surface area contributed by atoms with Gasteiger partial charge in [-0.3, -0.25) is 9.59 Å². The number of amides is 2. The van der Waals surface area contributed by atoms with E-state index in [1.54, 1.807) is 0 Å². The van der Waals surface area contributed by atoms with Crippen LogP contribution in [-0.2, 0) is 14.3 Å². The van der Waals surface area contributed by atoms with Crippen LogP contribution in [0.25, 0.3) is 0 Å². The normalized spacial score (nSPS) is 26.1. The second-order valence-corrected chi connectivity index (χ2v) is 6.56. The van der Waals surface area contributed by atoms with Crippen LogP contribution in [0.1, 0.15) is 33.1 Å². The maximum atomic E-state index is 12.5. The van der Waals surface area contributed by atoms with Gasteiger partial charge in [-0.2, -0.15) is 0 Å². The third-order valence-corrected chi connectivity index (χ3v) is 4.71. The fourth-order valence-corrected chi connectivity index (χ4v) is 3.26. The zero-order chi connectivity index (χ0) is 15.9. The molecule has 2 amide bonds. The molecule has 3 unspecified atom stereocenters. The van der Waals surface area contributed by atoms with Crippen LogP contribution in [0.3, 0.4) is 0 Å². The van der Waals surface area contributed by atoms with E-state index in [0.29, 0.717) is 44.5 Å². The predicted molar refractivity (Wildman–Crippen MR) is 91.6 cm³/mol. The van der Waals surface area contributed by atoms with Crippen molar-refractivity contribution in [3.63, 3.8) is 0 Å². The van der Waals surface area contributed by atoms with Gasteiger partial charge in [0, 0.05) is 33.0 Å². The molecule has 2 aliphatic heterocycles. The van der Waals surface area contributed by atoms with Crippen LogP contribution >= 0.6 is 12.4 Å². The van der Waals surface area contributed by atoms with Gasteiger partial charge >= 0.3 is 0 Å². The molecule has 0 radical (unpaired) electrons. The van der Waals surface area contributed by atoms with Crippen molar-refractivity contribution in [3.05, 3.63) is 0 Å². The average Bonchev–Trinajstić information content (AvgIpc) is 2.54. The van der Waals surface area contributed by atoms with Gasteiger partial charge in [0.25, 0.3) is 0 Å². The summed E-state index contributed by atoms with van der Waals surface area (Å²) in [6, 6.07) is 0. The molecule has 2 heterocycles. The first-order valence-corrected chi connectivity index (χ1v) is 8.40. The summed E-state index contributed by atoms with van der Waals surface area (Å²) < 4.78 is 5.61. The summed E-state index contributed by atoms with van der Waals surface area (Å²) in [6.07, 6.45) is 2.95. The predicted octanol–water partition coefficient (Wildman–Crippen LogP) is 0.797. The molecule has 7 heteroatoms. The highest BCUT2D eigenvalue weighted by molar-refractivity contribution is 5.85. The maximum absolute atomic E-state index is 12.5. The number of morpholine rings is 1. The molecule has 2 N–H and O–H groups in total. The molecule has 2 fully saturated rings. The lowest BCUT2D eigenvalue weighted by Crippen LogP contribution is -2.50. The molecule has 0 spiro atoms. The minimum atomic E-state index is -0.0896. The summed E-state index contributed by atoms with van der Waals surface area (Å²) in [4.78, 5) is 25.4. The largest absolute Gasteiger partial charge is 0.373 e. The molecule has 0 aliphatic carbocycles. The molecule has 0 bridgehead atoms. The third-order valence-electron chi connectivity index (χ3n) is 4.71. The number of hydrogen-bond donors (Lipinski definition) is 2. The molecule has 0 aromatic carbocycles. The zero-order valence-corrected chi connectivity index (χ0v) is 15.0.